The summed E-state index contributed by atoms with van der Waals surface area (Å²) >= 11 is 0. The van der Waals surface area contributed by atoms with Gasteiger partial charge in [0.2, 0.25) is 5.88 Å². The average molecular weight is 353 g/mol. The summed E-state index contributed by atoms with van der Waals surface area (Å²) in [5.74, 6) is 0.568. The van der Waals surface area contributed by atoms with Crippen molar-refractivity contribution in [3.63, 3.8) is 0 Å². The number of hydrogen-bond acceptors (Lipinski definition) is 6. The zero-order chi connectivity index (χ0) is 18.9. The number of nitrogens with one attached hydrogen (secondary N) is 2. The fraction of sp³-hybridized carbons (Fsp3) is 0.316. The van der Waals surface area contributed by atoms with Crippen molar-refractivity contribution in [2.45, 2.75) is 26.7 Å². The number of nitrogens with zero attached hydrogens (tertiary/aromatic N) is 2. The lowest BCUT2D eigenvalue weighted by Gasteiger charge is -2.11. The lowest BCUT2D eigenvalue weighted by atomic mass is 10.2. The summed E-state index contributed by atoms with van der Waals surface area (Å²) < 4.78 is 5.38. The number of amides is 1. The van der Waals surface area contributed by atoms with E-state index in [2.05, 4.69) is 22.5 Å². The van der Waals surface area contributed by atoms with Crippen molar-refractivity contribution in [2.75, 3.05) is 24.2 Å². The summed E-state index contributed by atoms with van der Waals surface area (Å²) in [4.78, 5) is 16.3. The van der Waals surface area contributed by atoms with Crippen LogP contribution in [0.2, 0.25) is 0 Å². The van der Waals surface area contributed by atoms with Crippen LogP contribution in [0.4, 0.5) is 17.2 Å². The number of nitriles is 1. The highest BCUT2D eigenvalue weighted by Gasteiger charge is 2.12. The lowest BCUT2D eigenvalue weighted by molar-refractivity contribution is 0.0953. The van der Waals surface area contributed by atoms with Crippen molar-refractivity contribution in [1.82, 2.24) is 10.3 Å². The maximum atomic E-state index is 12.0. The first-order valence-electron chi connectivity index (χ1n) is 8.57. The normalized spacial score (nSPS) is 10.0. The average Bonchev–Trinajstić information content (AvgIpc) is 2.62. The number of unbranched alkanes of at least 4 members (excludes halogenated alkanes) is 1. The highest BCUT2D eigenvalue weighted by atomic mass is 16.5. The Morgan fingerprint density at radius 3 is 2.65 bits per heavy atom. The van der Waals surface area contributed by atoms with Crippen LogP contribution in [-0.4, -0.2) is 24.0 Å². The molecular formula is C19H23N5O2. The van der Waals surface area contributed by atoms with Crippen LogP contribution in [0.15, 0.2) is 30.3 Å². The van der Waals surface area contributed by atoms with Crippen molar-refractivity contribution >= 4 is 23.1 Å². The number of hydrogen-bond donors (Lipinski definition) is 3. The quantitative estimate of drug-likeness (QED) is 0.628. The van der Waals surface area contributed by atoms with Crippen LogP contribution in [0, 0.1) is 11.3 Å². The summed E-state index contributed by atoms with van der Waals surface area (Å²) in [5, 5.41) is 15.1. The Morgan fingerprint density at radius 2 is 2.04 bits per heavy atom. The molecule has 0 atom stereocenters. The lowest BCUT2D eigenvalue weighted by Crippen LogP contribution is -2.24. The highest BCUT2D eigenvalue weighted by molar-refractivity contribution is 5.94. The molecule has 7 heteroatoms. The van der Waals surface area contributed by atoms with E-state index in [1.807, 2.05) is 13.0 Å². The Morgan fingerprint density at radius 1 is 1.31 bits per heavy atom. The smallest absolute Gasteiger partial charge is 0.251 e. The van der Waals surface area contributed by atoms with Crippen molar-refractivity contribution < 1.29 is 9.53 Å². The summed E-state index contributed by atoms with van der Waals surface area (Å²) in [6.07, 6.45) is 1.99. The number of ether oxygens (including phenoxy) is 1. The molecule has 2 aromatic rings. The van der Waals surface area contributed by atoms with E-state index in [0.717, 1.165) is 18.5 Å². The molecular weight excluding hydrogens is 330 g/mol. The van der Waals surface area contributed by atoms with Crippen LogP contribution in [0.5, 0.6) is 5.88 Å². The highest BCUT2D eigenvalue weighted by Crippen LogP contribution is 2.27. The predicted octanol–water partition coefficient (Wildman–Crippen LogP) is 3.21. The van der Waals surface area contributed by atoms with Gasteiger partial charge >= 0.3 is 0 Å². The molecule has 4 N–H and O–H groups in total. The van der Waals surface area contributed by atoms with Gasteiger partial charge in [-0.25, -0.2) is 0 Å². The van der Waals surface area contributed by atoms with Gasteiger partial charge in [0.25, 0.3) is 5.91 Å². The number of aromatic nitrogens is 1. The van der Waals surface area contributed by atoms with E-state index in [9.17, 15) is 4.79 Å². The minimum atomic E-state index is -0.0932. The van der Waals surface area contributed by atoms with Crippen LogP contribution in [-0.2, 0) is 0 Å². The maximum Gasteiger partial charge on any atom is 0.251 e. The molecule has 0 saturated carbocycles. The molecule has 1 aromatic heterocycles. The van der Waals surface area contributed by atoms with Gasteiger partial charge in [0.1, 0.15) is 17.5 Å². The monoisotopic (exact) mass is 353 g/mol. The number of pyridine rings is 1. The molecule has 0 aliphatic carbocycles. The largest absolute Gasteiger partial charge is 0.477 e. The minimum absolute atomic E-state index is 0.0932. The molecule has 0 radical (unpaired) electrons. The Kier molecular flexibility index (Phi) is 6.80. The van der Waals surface area contributed by atoms with Crippen LogP contribution in [0.3, 0.4) is 0 Å². The number of carbonyl (C=O) groups excluding carboxylic acids is 1. The molecule has 0 fully saturated rings. The first kappa shape index (κ1) is 19.1. The van der Waals surface area contributed by atoms with E-state index in [0.29, 0.717) is 30.2 Å². The second-order valence-corrected chi connectivity index (χ2v) is 5.63. The second-order valence-electron chi connectivity index (χ2n) is 5.63. The Hall–Kier alpha value is -3.27. The Balaban J connectivity index is 2.11. The van der Waals surface area contributed by atoms with Crippen molar-refractivity contribution in [3.8, 4) is 11.9 Å². The van der Waals surface area contributed by atoms with E-state index in [4.69, 9.17) is 15.7 Å². The summed E-state index contributed by atoms with van der Waals surface area (Å²) in [6.45, 7) is 4.94. The first-order chi connectivity index (χ1) is 12.6. The van der Waals surface area contributed by atoms with Crippen molar-refractivity contribution in [3.05, 3.63) is 41.5 Å². The van der Waals surface area contributed by atoms with Gasteiger partial charge in [-0.3, -0.25) is 4.79 Å². The standard InChI is InChI=1S/C19H23N5O2/c1-3-5-10-22-18(25)13-6-8-14(9-7-13)23-17-11-16(21)15(12-20)19(24-17)26-4-2/h6-9,11H,3-5,10H2,1-2H3,(H,22,25)(H3,21,23,24). The number of carbonyl (C=O) groups is 1. The van der Waals surface area contributed by atoms with Gasteiger partial charge in [-0.2, -0.15) is 10.2 Å². The third-order valence-electron chi connectivity index (χ3n) is 3.65. The molecule has 0 aliphatic heterocycles. The Bertz CT molecular complexity index is 797. The van der Waals surface area contributed by atoms with Gasteiger partial charge in [-0.15, -0.1) is 0 Å². The van der Waals surface area contributed by atoms with Gasteiger partial charge in [-0.05, 0) is 37.6 Å². The number of anilines is 3. The molecule has 26 heavy (non-hydrogen) atoms. The number of nitrogens with two attached hydrogens (primary N) is 1. The van der Waals surface area contributed by atoms with Gasteiger partial charge in [-0.1, -0.05) is 13.3 Å². The van der Waals surface area contributed by atoms with Gasteiger partial charge < -0.3 is 21.1 Å². The van der Waals surface area contributed by atoms with E-state index in [1.54, 1.807) is 30.3 Å². The predicted molar refractivity (Wildman–Crippen MR) is 101 cm³/mol. The van der Waals surface area contributed by atoms with Crippen LogP contribution in [0.1, 0.15) is 42.6 Å². The number of benzene rings is 1. The molecule has 0 bridgehead atoms. The molecule has 7 nitrogen and oxygen atoms in total. The molecule has 1 amide bonds. The topological polar surface area (TPSA) is 113 Å². The molecule has 0 spiro atoms. The third-order valence-corrected chi connectivity index (χ3v) is 3.65. The van der Waals surface area contributed by atoms with E-state index < -0.39 is 0 Å². The molecule has 0 saturated heterocycles. The summed E-state index contributed by atoms with van der Waals surface area (Å²) in [7, 11) is 0. The molecule has 136 valence electrons. The fourth-order valence-electron chi connectivity index (χ4n) is 2.29. The fourth-order valence-corrected chi connectivity index (χ4v) is 2.29. The van der Waals surface area contributed by atoms with Crippen molar-refractivity contribution in [1.29, 1.82) is 5.26 Å². The molecule has 1 heterocycles. The van der Waals surface area contributed by atoms with Crippen LogP contribution < -0.4 is 21.1 Å². The summed E-state index contributed by atoms with van der Waals surface area (Å²) in [5.41, 5.74) is 7.75. The molecule has 2 rings (SSSR count). The van der Waals surface area contributed by atoms with Crippen LogP contribution in [0.25, 0.3) is 0 Å². The zero-order valence-corrected chi connectivity index (χ0v) is 15.0. The van der Waals surface area contributed by atoms with Gasteiger partial charge in [0, 0.05) is 23.9 Å². The number of nitrogen functional groups attached to an aromatic ring is 1. The molecule has 1 aromatic carbocycles. The first-order valence-corrected chi connectivity index (χ1v) is 8.57. The van der Waals surface area contributed by atoms with Crippen molar-refractivity contribution in [2.24, 2.45) is 0 Å². The van der Waals surface area contributed by atoms with Gasteiger partial charge in [0.05, 0.1) is 12.3 Å². The maximum absolute atomic E-state index is 12.0. The minimum Gasteiger partial charge on any atom is -0.477 e. The third kappa shape index (κ3) is 4.86. The zero-order valence-electron chi connectivity index (χ0n) is 15.0. The summed E-state index contributed by atoms with van der Waals surface area (Å²) in [6, 6.07) is 10.6. The molecule has 0 unspecified atom stereocenters. The Labute approximate surface area is 153 Å². The van der Waals surface area contributed by atoms with Crippen LogP contribution >= 0.6 is 0 Å². The van der Waals surface area contributed by atoms with E-state index in [1.165, 1.54) is 0 Å². The van der Waals surface area contributed by atoms with Gasteiger partial charge in [0.15, 0.2) is 0 Å². The number of rotatable bonds is 8. The molecule has 0 aliphatic rings. The van der Waals surface area contributed by atoms with E-state index in [-0.39, 0.29) is 17.4 Å². The second kappa shape index (κ2) is 9.28. The van der Waals surface area contributed by atoms with E-state index >= 15 is 0 Å². The SMILES string of the molecule is CCCCNC(=O)c1ccc(Nc2cc(N)c(C#N)c(OCC)n2)cc1.